The van der Waals surface area contributed by atoms with Crippen LogP contribution in [0, 0.1) is 5.92 Å². The molecule has 1 aromatic rings. The van der Waals surface area contributed by atoms with E-state index in [1.54, 1.807) is 0 Å². The van der Waals surface area contributed by atoms with Crippen molar-refractivity contribution in [2.45, 2.75) is 45.7 Å². The van der Waals surface area contributed by atoms with Crippen molar-refractivity contribution in [3.05, 3.63) is 28.2 Å². The van der Waals surface area contributed by atoms with Crippen molar-refractivity contribution in [1.29, 1.82) is 0 Å². The van der Waals surface area contributed by atoms with Crippen LogP contribution in [0.4, 0.5) is 5.69 Å². The lowest BCUT2D eigenvalue weighted by molar-refractivity contribution is 0.343. The van der Waals surface area contributed by atoms with Gasteiger partial charge in [-0.05, 0) is 37.0 Å². The maximum atomic E-state index is 6.39. The molecular formula is C16H24Cl2N2. The Labute approximate surface area is 132 Å². The molecule has 2 nitrogen and oxygen atoms in total. The largest absolute Gasteiger partial charge is 0.365 e. The van der Waals surface area contributed by atoms with Gasteiger partial charge in [0.1, 0.15) is 0 Å². The van der Waals surface area contributed by atoms with Gasteiger partial charge in [-0.2, -0.15) is 0 Å². The Bertz CT molecular complexity index is 448. The highest BCUT2D eigenvalue weighted by atomic mass is 35.5. The molecule has 0 aromatic heterocycles. The topological polar surface area (TPSA) is 15.3 Å². The van der Waals surface area contributed by atoms with Crippen LogP contribution in [0.3, 0.4) is 0 Å². The normalized spacial score (nSPS) is 23.4. The summed E-state index contributed by atoms with van der Waals surface area (Å²) in [6, 6.07) is 6.84. The quantitative estimate of drug-likeness (QED) is 0.874. The molecule has 0 aliphatic carbocycles. The standard InChI is InChI=1S/C16H24Cl2N2/c1-4-14-9-19-13(7-11(2)3)10-20(14)16-6-5-12(17)8-15(16)18/h5-6,8,11,13-14,19H,4,7,9-10H2,1-3H3. The van der Waals surface area contributed by atoms with Crippen molar-refractivity contribution in [3.8, 4) is 0 Å². The van der Waals surface area contributed by atoms with Gasteiger partial charge < -0.3 is 10.2 Å². The maximum Gasteiger partial charge on any atom is 0.0654 e. The highest BCUT2D eigenvalue weighted by Crippen LogP contribution is 2.32. The van der Waals surface area contributed by atoms with E-state index in [2.05, 4.69) is 31.0 Å². The Morgan fingerprint density at radius 2 is 2.10 bits per heavy atom. The molecule has 2 rings (SSSR count). The summed E-state index contributed by atoms with van der Waals surface area (Å²) in [6.07, 6.45) is 2.30. The molecule has 1 aromatic carbocycles. The lowest BCUT2D eigenvalue weighted by Crippen LogP contribution is -2.56. The van der Waals surface area contributed by atoms with Crippen LogP contribution >= 0.6 is 23.2 Å². The average molecular weight is 315 g/mol. The van der Waals surface area contributed by atoms with Crippen molar-refractivity contribution in [2.75, 3.05) is 18.0 Å². The van der Waals surface area contributed by atoms with Crippen molar-refractivity contribution < 1.29 is 0 Å². The summed E-state index contributed by atoms with van der Waals surface area (Å²) in [5.74, 6) is 0.702. The summed E-state index contributed by atoms with van der Waals surface area (Å²) >= 11 is 12.4. The van der Waals surface area contributed by atoms with Crippen LogP contribution in [0.25, 0.3) is 0 Å². The lowest BCUT2D eigenvalue weighted by atomic mass is 9.98. The molecule has 1 saturated heterocycles. The summed E-state index contributed by atoms with van der Waals surface area (Å²) in [4.78, 5) is 2.45. The third kappa shape index (κ3) is 3.81. The van der Waals surface area contributed by atoms with Crippen LogP contribution in [0.2, 0.25) is 10.0 Å². The fraction of sp³-hybridized carbons (Fsp3) is 0.625. The summed E-state index contributed by atoms with van der Waals surface area (Å²) < 4.78 is 0. The highest BCUT2D eigenvalue weighted by molar-refractivity contribution is 6.36. The van der Waals surface area contributed by atoms with E-state index in [0.717, 1.165) is 30.2 Å². The molecule has 4 heteroatoms. The molecule has 0 spiro atoms. The number of rotatable bonds is 4. The monoisotopic (exact) mass is 314 g/mol. The first-order valence-electron chi connectivity index (χ1n) is 7.46. The van der Waals surface area contributed by atoms with Gasteiger partial charge in [-0.25, -0.2) is 0 Å². The number of nitrogens with zero attached hydrogens (tertiary/aromatic N) is 1. The average Bonchev–Trinajstić information content (AvgIpc) is 2.38. The first-order valence-corrected chi connectivity index (χ1v) is 8.22. The Balaban J connectivity index is 2.20. The van der Waals surface area contributed by atoms with E-state index in [1.807, 2.05) is 18.2 Å². The van der Waals surface area contributed by atoms with Gasteiger partial charge in [0.2, 0.25) is 0 Å². The number of piperazine rings is 1. The van der Waals surface area contributed by atoms with Crippen LogP contribution in [-0.2, 0) is 0 Å². The smallest absolute Gasteiger partial charge is 0.0654 e. The Kier molecular flexibility index (Phi) is 5.59. The molecule has 112 valence electrons. The first kappa shape index (κ1) is 15.9. The van der Waals surface area contributed by atoms with E-state index >= 15 is 0 Å². The zero-order valence-corrected chi connectivity index (χ0v) is 14.0. The molecule has 1 fully saturated rings. The van der Waals surface area contributed by atoms with Crippen molar-refractivity contribution in [3.63, 3.8) is 0 Å². The number of hydrogen-bond donors (Lipinski definition) is 1. The van der Waals surface area contributed by atoms with Gasteiger partial charge >= 0.3 is 0 Å². The Morgan fingerprint density at radius 3 is 2.70 bits per heavy atom. The SMILES string of the molecule is CCC1CNC(CC(C)C)CN1c1ccc(Cl)cc1Cl. The fourth-order valence-electron chi connectivity index (χ4n) is 2.96. The number of anilines is 1. The number of nitrogens with one attached hydrogen (secondary N) is 1. The predicted molar refractivity (Wildman–Crippen MR) is 89.1 cm³/mol. The Morgan fingerprint density at radius 1 is 1.35 bits per heavy atom. The second kappa shape index (κ2) is 7.02. The van der Waals surface area contributed by atoms with Gasteiger partial charge in [0.05, 0.1) is 10.7 Å². The molecule has 0 amide bonds. The van der Waals surface area contributed by atoms with E-state index in [0.29, 0.717) is 23.0 Å². The summed E-state index contributed by atoms with van der Waals surface area (Å²) in [5.41, 5.74) is 1.11. The van der Waals surface area contributed by atoms with Crippen LogP contribution < -0.4 is 10.2 Å². The van der Waals surface area contributed by atoms with Crippen LogP contribution in [0.15, 0.2) is 18.2 Å². The molecule has 2 unspecified atom stereocenters. The van der Waals surface area contributed by atoms with Gasteiger partial charge in [-0.15, -0.1) is 0 Å². The van der Waals surface area contributed by atoms with Crippen molar-refractivity contribution in [1.82, 2.24) is 5.32 Å². The highest BCUT2D eigenvalue weighted by Gasteiger charge is 2.28. The number of benzene rings is 1. The minimum atomic E-state index is 0.497. The molecule has 2 atom stereocenters. The van der Waals surface area contributed by atoms with Gasteiger partial charge in [-0.1, -0.05) is 44.0 Å². The van der Waals surface area contributed by atoms with Crippen molar-refractivity contribution >= 4 is 28.9 Å². The first-order chi connectivity index (χ1) is 9.51. The molecule has 0 radical (unpaired) electrons. The fourth-order valence-corrected chi connectivity index (χ4v) is 3.48. The predicted octanol–water partition coefficient (Wildman–Crippen LogP) is 4.60. The lowest BCUT2D eigenvalue weighted by Gasteiger charge is -2.42. The van der Waals surface area contributed by atoms with E-state index in [4.69, 9.17) is 23.2 Å². The minimum Gasteiger partial charge on any atom is -0.365 e. The van der Waals surface area contributed by atoms with Gasteiger partial charge in [0, 0.05) is 30.2 Å². The zero-order valence-electron chi connectivity index (χ0n) is 12.5. The van der Waals surface area contributed by atoms with Gasteiger partial charge in [0.15, 0.2) is 0 Å². The summed E-state index contributed by atoms with van der Waals surface area (Å²) in [5, 5.41) is 5.12. The second-order valence-corrected chi connectivity index (χ2v) is 6.89. The van der Waals surface area contributed by atoms with Crippen LogP contribution in [-0.4, -0.2) is 25.2 Å². The minimum absolute atomic E-state index is 0.497. The molecule has 0 saturated carbocycles. The number of halogens is 2. The molecule has 1 aliphatic rings. The third-order valence-electron chi connectivity index (χ3n) is 3.95. The summed E-state index contributed by atoms with van der Waals surface area (Å²) in [7, 11) is 0. The molecular weight excluding hydrogens is 291 g/mol. The molecule has 20 heavy (non-hydrogen) atoms. The van der Waals surface area contributed by atoms with Crippen molar-refractivity contribution in [2.24, 2.45) is 5.92 Å². The van der Waals surface area contributed by atoms with Crippen LogP contribution in [0.5, 0.6) is 0 Å². The Hall–Kier alpha value is -0.440. The summed E-state index contributed by atoms with van der Waals surface area (Å²) in [6.45, 7) is 8.80. The number of hydrogen-bond acceptors (Lipinski definition) is 2. The van der Waals surface area contributed by atoms with Gasteiger partial charge in [0.25, 0.3) is 0 Å². The second-order valence-electron chi connectivity index (χ2n) is 6.04. The molecule has 1 N–H and O–H groups in total. The van der Waals surface area contributed by atoms with Crippen LogP contribution in [0.1, 0.15) is 33.6 Å². The van der Waals surface area contributed by atoms with E-state index in [1.165, 1.54) is 6.42 Å². The molecule has 0 bridgehead atoms. The molecule has 1 heterocycles. The zero-order chi connectivity index (χ0) is 14.7. The van der Waals surface area contributed by atoms with Gasteiger partial charge in [-0.3, -0.25) is 0 Å². The third-order valence-corrected chi connectivity index (χ3v) is 4.48. The van der Waals surface area contributed by atoms with E-state index < -0.39 is 0 Å². The maximum absolute atomic E-state index is 6.39. The van der Waals surface area contributed by atoms with E-state index in [-0.39, 0.29) is 0 Å². The van der Waals surface area contributed by atoms with E-state index in [9.17, 15) is 0 Å². The molecule has 1 aliphatic heterocycles.